The van der Waals surface area contributed by atoms with Crippen LogP contribution in [0.25, 0.3) is 0 Å². The van der Waals surface area contributed by atoms with Crippen LogP contribution in [-0.2, 0) is 4.79 Å². The molecular formula is C17H18N2O4. The van der Waals surface area contributed by atoms with Crippen molar-refractivity contribution in [3.8, 4) is 11.5 Å². The molecule has 0 aromatic heterocycles. The molecule has 6 nitrogen and oxygen atoms in total. The van der Waals surface area contributed by atoms with Crippen molar-refractivity contribution in [1.29, 1.82) is 0 Å². The zero-order valence-electron chi connectivity index (χ0n) is 13.0. The van der Waals surface area contributed by atoms with E-state index in [1.807, 2.05) is 0 Å². The normalized spacial score (nSPS) is 9.83. The molecule has 2 amide bonds. The lowest BCUT2D eigenvalue weighted by Gasteiger charge is -2.10. The van der Waals surface area contributed by atoms with E-state index in [4.69, 9.17) is 9.47 Å². The summed E-state index contributed by atoms with van der Waals surface area (Å²) < 4.78 is 10.2. The van der Waals surface area contributed by atoms with Crippen molar-refractivity contribution in [1.82, 2.24) is 5.32 Å². The van der Waals surface area contributed by atoms with E-state index in [-0.39, 0.29) is 18.4 Å². The second kappa shape index (κ2) is 7.84. The van der Waals surface area contributed by atoms with Crippen LogP contribution in [0, 0.1) is 0 Å². The Morgan fingerprint density at radius 1 is 1.00 bits per heavy atom. The molecule has 0 bridgehead atoms. The van der Waals surface area contributed by atoms with Gasteiger partial charge in [0.05, 0.1) is 26.5 Å². The average Bonchev–Trinajstić information content (AvgIpc) is 2.60. The van der Waals surface area contributed by atoms with Gasteiger partial charge in [0.15, 0.2) is 0 Å². The summed E-state index contributed by atoms with van der Waals surface area (Å²) in [7, 11) is 3.05. The topological polar surface area (TPSA) is 76.7 Å². The van der Waals surface area contributed by atoms with E-state index < -0.39 is 0 Å². The molecule has 0 aliphatic heterocycles. The predicted octanol–water partition coefficient (Wildman–Crippen LogP) is 2.07. The standard InChI is InChI=1S/C17H18N2O4/c1-22-13-7-5-6-12(10-13)17(21)18-11-16(20)19-14-8-3-4-9-15(14)23-2/h3-10H,11H2,1-2H3,(H,18,21)(H,19,20). The van der Waals surface area contributed by atoms with Crippen LogP contribution in [0.1, 0.15) is 10.4 Å². The lowest BCUT2D eigenvalue weighted by molar-refractivity contribution is -0.115. The highest BCUT2D eigenvalue weighted by molar-refractivity contribution is 6.00. The lowest BCUT2D eigenvalue weighted by Crippen LogP contribution is -2.32. The fourth-order valence-corrected chi connectivity index (χ4v) is 1.97. The fraction of sp³-hybridized carbons (Fsp3) is 0.176. The maximum atomic E-state index is 12.0. The maximum Gasteiger partial charge on any atom is 0.251 e. The summed E-state index contributed by atoms with van der Waals surface area (Å²) in [5, 5.41) is 5.25. The Hall–Kier alpha value is -3.02. The number of benzene rings is 2. The van der Waals surface area contributed by atoms with E-state index in [1.165, 1.54) is 14.2 Å². The van der Waals surface area contributed by atoms with E-state index in [0.717, 1.165) is 0 Å². The van der Waals surface area contributed by atoms with E-state index in [2.05, 4.69) is 10.6 Å². The van der Waals surface area contributed by atoms with Gasteiger partial charge >= 0.3 is 0 Å². The van der Waals surface area contributed by atoms with Gasteiger partial charge < -0.3 is 20.1 Å². The van der Waals surface area contributed by atoms with Gasteiger partial charge in [-0.25, -0.2) is 0 Å². The van der Waals surface area contributed by atoms with Gasteiger partial charge in [-0.1, -0.05) is 18.2 Å². The number of hydrogen-bond donors (Lipinski definition) is 2. The molecule has 6 heteroatoms. The minimum atomic E-state index is -0.348. The van der Waals surface area contributed by atoms with Crippen molar-refractivity contribution in [3.63, 3.8) is 0 Å². The molecule has 0 atom stereocenters. The van der Waals surface area contributed by atoms with Crippen molar-refractivity contribution < 1.29 is 19.1 Å². The van der Waals surface area contributed by atoms with Crippen molar-refractivity contribution in [2.75, 3.05) is 26.1 Å². The number of anilines is 1. The molecule has 0 saturated carbocycles. The average molecular weight is 314 g/mol. The first-order valence-electron chi connectivity index (χ1n) is 6.99. The molecule has 0 unspecified atom stereocenters. The molecule has 0 radical (unpaired) electrons. The van der Waals surface area contributed by atoms with Crippen LogP contribution < -0.4 is 20.1 Å². The third-order valence-corrected chi connectivity index (χ3v) is 3.12. The van der Waals surface area contributed by atoms with Crippen LogP contribution in [-0.4, -0.2) is 32.6 Å². The van der Waals surface area contributed by atoms with Crippen molar-refractivity contribution >= 4 is 17.5 Å². The van der Waals surface area contributed by atoms with Crippen LogP contribution in [0.5, 0.6) is 11.5 Å². The number of methoxy groups -OCH3 is 2. The van der Waals surface area contributed by atoms with Crippen molar-refractivity contribution in [2.45, 2.75) is 0 Å². The van der Waals surface area contributed by atoms with E-state index in [0.29, 0.717) is 22.7 Å². The Bertz CT molecular complexity index is 700. The van der Waals surface area contributed by atoms with E-state index >= 15 is 0 Å². The number of ether oxygens (including phenoxy) is 2. The molecule has 2 rings (SSSR count). The third kappa shape index (κ3) is 4.47. The SMILES string of the molecule is COc1cccc(C(=O)NCC(=O)Nc2ccccc2OC)c1. The van der Waals surface area contributed by atoms with Gasteiger partial charge in [-0.2, -0.15) is 0 Å². The van der Waals surface area contributed by atoms with Crippen molar-refractivity contribution in [3.05, 3.63) is 54.1 Å². The monoisotopic (exact) mass is 314 g/mol. The first-order valence-corrected chi connectivity index (χ1v) is 6.99. The summed E-state index contributed by atoms with van der Waals surface area (Å²) in [5.41, 5.74) is 0.977. The van der Waals surface area contributed by atoms with E-state index in [9.17, 15) is 9.59 Å². The highest BCUT2D eigenvalue weighted by atomic mass is 16.5. The molecule has 0 saturated heterocycles. The van der Waals surface area contributed by atoms with Crippen LogP contribution >= 0.6 is 0 Å². The van der Waals surface area contributed by atoms with Crippen LogP contribution in [0.2, 0.25) is 0 Å². The quantitative estimate of drug-likeness (QED) is 0.856. The molecule has 0 aliphatic rings. The zero-order chi connectivity index (χ0) is 16.7. The fourth-order valence-electron chi connectivity index (χ4n) is 1.97. The molecule has 2 aromatic carbocycles. The summed E-state index contributed by atoms with van der Waals surface area (Å²) in [6, 6.07) is 13.8. The van der Waals surface area contributed by atoms with Gasteiger partial charge in [0.1, 0.15) is 11.5 Å². The number of rotatable bonds is 6. The van der Waals surface area contributed by atoms with Crippen LogP contribution in [0.3, 0.4) is 0 Å². The summed E-state index contributed by atoms with van der Waals surface area (Å²) in [5.74, 6) is 0.445. The van der Waals surface area contributed by atoms with E-state index in [1.54, 1.807) is 48.5 Å². The largest absolute Gasteiger partial charge is 0.497 e. The van der Waals surface area contributed by atoms with Gasteiger partial charge in [-0.15, -0.1) is 0 Å². The molecule has 0 spiro atoms. The Kier molecular flexibility index (Phi) is 5.57. The summed E-state index contributed by atoms with van der Waals surface area (Å²) in [4.78, 5) is 24.0. The predicted molar refractivity (Wildman–Crippen MR) is 87.0 cm³/mol. The molecular weight excluding hydrogens is 296 g/mol. The molecule has 0 fully saturated rings. The van der Waals surface area contributed by atoms with Gasteiger partial charge in [0.25, 0.3) is 5.91 Å². The second-order valence-electron chi connectivity index (χ2n) is 4.66. The highest BCUT2D eigenvalue weighted by Gasteiger charge is 2.10. The Labute approximate surface area is 134 Å². The number of amides is 2. The van der Waals surface area contributed by atoms with Crippen LogP contribution in [0.15, 0.2) is 48.5 Å². The first-order chi connectivity index (χ1) is 11.1. The summed E-state index contributed by atoms with van der Waals surface area (Å²) in [6.07, 6.45) is 0. The molecule has 0 aliphatic carbocycles. The molecule has 2 aromatic rings. The Morgan fingerprint density at radius 2 is 1.78 bits per heavy atom. The number of carbonyl (C=O) groups is 2. The minimum absolute atomic E-state index is 0.145. The summed E-state index contributed by atoms with van der Waals surface area (Å²) in [6.45, 7) is -0.145. The molecule has 23 heavy (non-hydrogen) atoms. The number of para-hydroxylation sites is 2. The second-order valence-corrected chi connectivity index (χ2v) is 4.66. The Balaban J connectivity index is 1.92. The number of nitrogens with one attached hydrogen (secondary N) is 2. The Morgan fingerprint density at radius 3 is 2.52 bits per heavy atom. The third-order valence-electron chi connectivity index (χ3n) is 3.12. The van der Waals surface area contributed by atoms with Crippen LogP contribution in [0.4, 0.5) is 5.69 Å². The summed E-state index contributed by atoms with van der Waals surface area (Å²) >= 11 is 0. The minimum Gasteiger partial charge on any atom is -0.497 e. The highest BCUT2D eigenvalue weighted by Crippen LogP contribution is 2.22. The number of hydrogen-bond acceptors (Lipinski definition) is 4. The first kappa shape index (κ1) is 16.4. The smallest absolute Gasteiger partial charge is 0.251 e. The van der Waals surface area contributed by atoms with Gasteiger partial charge in [-0.05, 0) is 30.3 Å². The zero-order valence-corrected chi connectivity index (χ0v) is 13.0. The van der Waals surface area contributed by atoms with Gasteiger partial charge in [0.2, 0.25) is 5.91 Å². The van der Waals surface area contributed by atoms with Gasteiger partial charge in [0, 0.05) is 5.56 Å². The van der Waals surface area contributed by atoms with Crippen molar-refractivity contribution in [2.24, 2.45) is 0 Å². The maximum absolute atomic E-state index is 12.0. The molecule has 2 N–H and O–H groups in total. The molecule has 120 valence electrons. The number of carbonyl (C=O) groups excluding carboxylic acids is 2. The van der Waals surface area contributed by atoms with Gasteiger partial charge in [-0.3, -0.25) is 9.59 Å². The molecule has 0 heterocycles. The lowest BCUT2D eigenvalue weighted by atomic mass is 10.2.